The third-order valence-corrected chi connectivity index (χ3v) is 5.14. The lowest BCUT2D eigenvalue weighted by atomic mass is 9.95. The van der Waals surface area contributed by atoms with Crippen molar-refractivity contribution in [1.82, 2.24) is 4.57 Å². The maximum absolute atomic E-state index is 10.7. The van der Waals surface area contributed by atoms with Gasteiger partial charge in [0, 0.05) is 17.1 Å². The molecule has 1 aliphatic heterocycles. The SMILES string of the molecule is COc1cc2c(cc1OC)-c1c(C#N)c(N=Nc3ccc(Cl)cc3)c(O)n1CC2. The first-order chi connectivity index (χ1) is 14.1. The van der Waals surface area contributed by atoms with E-state index in [4.69, 9.17) is 21.1 Å². The molecule has 1 N–H and O–H groups in total. The first kappa shape index (κ1) is 18.8. The zero-order valence-corrected chi connectivity index (χ0v) is 16.6. The fourth-order valence-electron chi connectivity index (χ4n) is 3.49. The van der Waals surface area contributed by atoms with Gasteiger partial charge in [0.05, 0.1) is 25.6 Å². The number of ether oxygens (including phenoxy) is 2. The summed E-state index contributed by atoms with van der Waals surface area (Å²) in [5.41, 5.74) is 3.36. The zero-order valence-electron chi connectivity index (χ0n) is 15.8. The summed E-state index contributed by atoms with van der Waals surface area (Å²) in [7, 11) is 3.14. The molecule has 0 saturated heterocycles. The van der Waals surface area contributed by atoms with E-state index in [-0.39, 0.29) is 17.1 Å². The quantitative estimate of drug-likeness (QED) is 0.587. The van der Waals surface area contributed by atoms with Crippen LogP contribution in [-0.2, 0) is 13.0 Å². The Morgan fingerprint density at radius 3 is 2.45 bits per heavy atom. The molecule has 0 amide bonds. The summed E-state index contributed by atoms with van der Waals surface area (Å²) < 4.78 is 12.5. The molecule has 0 spiro atoms. The van der Waals surface area contributed by atoms with Gasteiger partial charge in [0.1, 0.15) is 11.6 Å². The fraction of sp³-hybridized carbons (Fsp3) is 0.190. The van der Waals surface area contributed by atoms with Crippen LogP contribution in [0.25, 0.3) is 11.3 Å². The smallest absolute Gasteiger partial charge is 0.221 e. The lowest BCUT2D eigenvalue weighted by molar-refractivity contribution is 0.354. The van der Waals surface area contributed by atoms with Crippen molar-refractivity contribution in [2.45, 2.75) is 13.0 Å². The molecule has 146 valence electrons. The molecule has 0 aliphatic carbocycles. The maximum atomic E-state index is 10.7. The van der Waals surface area contributed by atoms with Crippen molar-refractivity contribution in [2.24, 2.45) is 10.2 Å². The number of fused-ring (bicyclic) bond motifs is 3. The van der Waals surface area contributed by atoms with Crippen LogP contribution in [0.2, 0.25) is 5.02 Å². The number of rotatable bonds is 4. The van der Waals surface area contributed by atoms with Crippen molar-refractivity contribution < 1.29 is 14.6 Å². The van der Waals surface area contributed by atoms with E-state index in [1.165, 1.54) is 0 Å². The van der Waals surface area contributed by atoms with Gasteiger partial charge >= 0.3 is 0 Å². The minimum Gasteiger partial charge on any atom is -0.493 e. The number of nitriles is 1. The van der Waals surface area contributed by atoms with Crippen LogP contribution in [0.4, 0.5) is 11.4 Å². The van der Waals surface area contributed by atoms with Gasteiger partial charge in [-0.05, 0) is 48.4 Å². The summed E-state index contributed by atoms with van der Waals surface area (Å²) in [5, 5.41) is 29.5. The van der Waals surface area contributed by atoms with Crippen molar-refractivity contribution in [3.8, 4) is 34.7 Å². The standard InChI is InChI=1S/C21H17ClN4O3/c1-28-17-9-12-7-8-26-20(15(12)10-18(17)29-2)16(11-23)19(21(26)27)25-24-14-5-3-13(22)4-6-14/h3-6,9-10,27H,7-8H2,1-2H3. The van der Waals surface area contributed by atoms with Crippen LogP contribution in [0.5, 0.6) is 17.4 Å². The number of aryl methyl sites for hydroxylation is 1. The molecule has 0 bridgehead atoms. The van der Waals surface area contributed by atoms with E-state index in [2.05, 4.69) is 16.3 Å². The Kier molecular flexibility index (Phi) is 4.87. The Bertz CT molecular complexity index is 1160. The summed E-state index contributed by atoms with van der Waals surface area (Å²) >= 11 is 5.89. The second-order valence-corrected chi connectivity index (χ2v) is 6.89. The van der Waals surface area contributed by atoms with Crippen LogP contribution in [0, 0.1) is 11.3 Å². The molecular formula is C21H17ClN4O3. The molecule has 4 rings (SSSR count). The van der Waals surface area contributed by atoms with Crippen LogP contribution in [0.3, 0.4) is 0 Å². The molecule has 29 heavy (non-hydrogen) atoms. The van der Waals surface area contributed by atoms with Gasteiger partial charge in [-0.1, -0.05) is 11.6 Å². The van der Waals surface area contributed by atoms with E-state index in [9.17, 15) is 10.4 Å². The highest BCUT2D eigenvalue weighted by Crippen LogP contribution is 2.47. The lowest BCUT2D eigenvalue weighted by Gasteiger charge is -2.22. The number of azo groups is 1. The van der Waals surface area contributed by atoms with Gasteiger partial charge in [-0.15, -0.1) is 5.11 Å². The second kappa shape index (κ2) is 7.49. The van der Waals surface area contributed by atoms with Gasteiger partial charge in [0.25, 0.3) is 0 Å². The monoisotopic (exact) mass is 408 g/mol. The predicted molar refractivity (Wildman–Crippen MR) is 109 cm³/mol. The molecule has 0 radical (unpaired) electrons. The van der Waals surface area contributed by atoms with Gasteiger partial charge in [0.15, 0.2) is 17.2 Å². The molecule has 3 aromatic rings. The number of aromatic hydroxyl groups is 1. The highest BCUT2D eigenvalue weighted by Gasteiger charge is 2.29. The Hall–Kier alpha value is -3.50. The lowest BCUT2D eigenvalue weighted by Crippen LogP contribution is -2.11. The predicted octanol–water partition coefficient (Wildman–Crippen LogP) is 5.37. The molecule has 2 aromatic carbocycles. The Labute approximate surface area is 172 Å². The number of hydrogen-bond acceptors (Lipinski definition) is 6. The molecular weight excluding hydrogens is 392 g/mol. The number of methoxy groups -OCH3 is 2. The van der Waals surface area contributed by atoms with Crippen molar-refractivity contribution in [2.75, 3.05) is 14.2 Å². The summed E-state index contributed by atoms with van der Waals surface area (Å²) in [6, 6.07) is 12.7. The van der Waals surface area contributed by atoms with E-state index in [0.717, 1.165) is 11.1 Å². The zero-order chi connectivity index (χ0) is 20.5. The summed E-state index contributed by atoms with van der Waals surface area (Å²) in [6.07, 6.45) is 0.670. The van der Waals surface area contributed by atoms with Crippen LogP contribution in [0.1, 0.15) is 11.1 Å². The minimum absolute atomic E-state index is 0.0882. The normalized spacial score (nSPS) is 12.3. The first-order valence-corrected chi connectivity index (χ1v) is 9.23. The van der Waals surface area contributed by atoms with Crippen molar-refractivity contribution in [3.05, 3.63) is 52.5 Å². The molecule has 8 heteroatoms. The van der Waals surface area contributed by atoms with Crippen LogP contribution < -0.4 is 9.47 Å². The van der Waals surface area contributed by atoms with E-state index in [1.54, 1.807) is 43.1 Å². The number of aromatic nitrogens is 1. The van der Waals surface area contributed by atoms with Gasteiger partial charge in [-0.3, -0.25) is 0 Å². The Balaban J connectivity index is 1.86. The average molecular weight is 409 g/mol. The summed E-state index contributed by atoms with van der Waals surface area (Å²) in [4.78, 5) is 0. The van der Waals surface area contributed by atoms with Crippen molar-refractivity contribution >= 4 is 23.0 Å². The van der Waals surface area contributed by atoms with E-state index >= 15 is 0 Å². The highest BCUT2D eigenvalue weighted by atomic mass is 35.5. The third kappa shape index (κ3) is 3.18. The number of nitrogens with zero attached hydrogens (tertiary/aromatic N) is 4. The van der Waals surface area contributed by atoms with Gasteiger partial charge in [-0.2, -0.15) is 10.4 Å². The summed E-state index contributed by atoms with van der Waals surface area (Å²) in [6.45, 7) is 0.509. The largest absolute Gasteiger partial charge is 0.493 e. The molecule has 0 unspecified atom stereocenters. The van der Waals surface area contributed by atoms with Gasteiger partial charge < -0.3 is 19.1 Å². The number of hydrogen-bond donors (Lipinski definition) is 1. The molecule has 7 nitrogen and oxygen atoms in total. The van der Waals surface area contributed by atoms with Crippen LogP contribution >= 0.6 is 11.6 Å². The van der Waals surface area contributed by atoms with E-state index in [1.807, 2.05) is 12.1 Å². The highest BCUT2D eigenvalue weighted by molar-refractivity contribution is 6.30. The Morgan fingerprint density at radius 1 is 1.10 bits per heavy atom. The van der Waals surface area contributed by atoms with Crippen LogP contribution in [0.15, 0.2) is 46.6 Å². The average Bonchev–Trinajstić information content (AvgIpc) is 3.03. The van der Waals surface area contributed by atoms with E-state index < -0.39 is 0 Å². The third-order valence-electron chi connectivity index (χ3n) is 4.88. The van der Waals surface area contributed by atoms with E-state index in [0.29, 0.717) is 40.9 Å². The molecule has 0 saturated carbocycles. The Morgan fingerprint density at radius 2 is 1.79 bits per heavy atom. The second-order valence-electron chi connectivity index (χ2n) is 6.45. The van der Waals surface area contributed by atoms with Gasteiger partial charge in [-0.25, -0.2) is 0 Å². The van der Waals surface area contributed by atoms with Crippen molar-refractivity contribution in [3.63, 3.8) is 0 Å². The van der Waals surface area contributed by atoms with Gasteiger partial charge in [0.2, 0.25) is 5.88 Å². The first-order valence-electron chi connectivity index (χ1n) is 8.85. The summed E-state index contributed by atoms with van der Waals surface area (Å²) in [5.74, 6) is 1.08. The molecule has 1 aliphatic rings. The van der Waals surface area contributed by atoms with Crippen LogP contribution in [-0.4, -0.2) is 23.9 Å². The van der Waals surface area contributed by atoms with Crippen molar-refractivity contribution in [1.29, 1.82) is 5.26 Å². The molecule has 1 aromatic heterocycles. The molecule has 0 fully saturated rings. The molecule has 2 heterocycles. The topological polar surface area (TPSA) is 92.1 Å². The number of benzene rings is 2. The molecule has 0 atom stereocenters. The fourth-order valence-corrected chi connectivity index (χ4v) is 3.61. The number of halogens is 1. The minimum atomic E-state index is -0.0882. The maximum Gasteiger partial charge on any atom is 0.221 e.